The van der Waals surface area contributed by atoms with E-state index in [0.29, 0.717) is 13.2 Å². The highest BCUT2D eigenvalue weighted by Gasteiger charge is 2.17. The molecule has 0 aliphatic rings. The second-order valence-electron chi connectivity index (χ2n) is 5.79. The molecule has 0 radical (unpaired) electrons. The van der Waals surface area contributed by atoms with Crippen LogP contribution in [0, 0.1) is 12.7 Å². The summed E-state index contributed by atoms with van der Waals surface area (Å²) >= 11 is 1.60. The van der Waals surface area contributed by atoms with Crippen molar-refractivity contribution in [3.8, 4) is 16.3 Å². The Labute approximate surface area is 161 Å². The smallest absolute Gasteiger partial charge is 0.240 e. The molecule has 3 aromatic rings. The molecule has 0 unspecified atom stereocenters. The van der Waals surface area contributed by atoms with Crippen molar-refractivity contribution in [2.75, 3.05) is 13.2 Å². The summed E-state index contributed by atoms with van der Waals surface area (Å²) in [5.41, 5.74) is 1.80. The monoisotopic (exact) mass is 409 g/mol. The largest absolute Gasteiger partial charge is 0.491 e. The van der Waals surface area contributed by atoms with E-state index in [1.54, 1.807) is 22.9 Å². The molecule has 3 rings (SSSR count). The topological polar surface area (TPSA) is 73.2 Å². The summed E-state index contributed by atoms with van der Waals surface area (Å²) in [4.78, 5) is 0.919. The van der Waals surface area contributed by atoms with E-state index >= 15 is 0 Å². The number of nitrogens with one attached hydrogen (secondary N) is 1. The van der Waals surface area contributed by atoms with Gasteiger partial charge in [-0.15, -0.1) is 11.3 Å². The first-order chi connectivity index (χ1) is 12.9. The first-order valence-corrected chi connectivity index (χ1v) is 10.8. The Balaban J connectivity index is 1.65. The van der Waals surface area contributed by atoms with Gasteiger partial charge in [-0.1, -0.05) is 6.07 Å². The highest BCUT2D eigenvalue weighted by Crippen LogP contribution is 2.24. The Bertz CT molecular complexity index is 1010. The molecule has 27 heavy (non-hydrogen) atoms. The quantitative estimate of drug-likeness (QED) is 0.619. The molecule has 0 amide bonds. The lowest BCUT2D eigenvalue weighted by Gasteiger charge is -2.10. The average Bonchev–Trinajstić information content (AvgIpc) is 3.27. The molecule has 0 fully saturated rings. The summed E-state index contributed by atoms with van der Waals surface area (Å²) in [6.45, 7) is 4.46. The van der Waals surface area contributed by atoms with Crippen molar-refractivity contribution in [2.45, 2.75) is 25.3 Å². The van der Waals surface area contributed by atoms with Crippen LogP contribution in [0.3, 0.4) is 0 Å². The molecular formula is C18H20FN3O3S2. The van der Waals surface area contributed by atoms with E-state index in [2.05, 4.69) is 9.82 Å². The lowest BCUT2D eigenvalue weighted by Crippen LogP contribution is -2.28. The van der Waals surface area contributed by atoms with E-state index in [1.165, 1.54) is 12.1 Å². The van der Waals surface area contributed by atoms with Gasteiger partial charge < -0.3 is 4.74 Å². The third-order valence-electron chi connectivity index (χ3n) is 3.88. The van der Waals surface area contributed by atoms with Crippen LogP contribution in [0.1, 0.15) is 12.6 Å². The summed E-state index contributed by atoms with van der Waals surface area (Å²) < 4.78 is 48.0. The van der Waals surface area contributed by atoms with Gasteiger partial charge in [0.15, 0.2) is 11.6 Å². The number of rotatable bonds is 8. The molecule has 0 spiro atoms. The second-order valence-corrected chi connectivity index (χ2v) is 8.51. The first-order valence-electron chi connectivity index (χ1n) is 8.41. The van der Waals surface area contributed by atoms with Crippen LogP contribution in [0.4, 0.5) is 4.39 Å². The number of sulfonamides is 1. The molecule has 0 atom stereocenters. The van der Waals surface area contributed by atoms with Gasteiger partial charge in [0.05, 0.1) is 22.9 Å². The first kappa shape index (κ1) is 19.5. The van der Waals surface area contributed by atoms with Crippen LogP contribution in [0.2, 0.25) is 0 Å². The fourth-order valence-electron chi connectivity index (χ4n) is 2.57. The van der Waals surface area contributed by atoms with Gasteiger partial charge in [-0.25, -0.2) is 17.5 Å². The van der Waals surface area contributed by atoms with E-state index in [4.69, 9.17) is 4.74 Å². The SMILES string of the molecule is CCOc1ccc(S(=O)(=O)NCCn2nc(-c3cccs3)cc2C)cc1F. The Kier molecular flexibility index (Phi) is 5.93. The predicted molar refractivity (Wildman–Crippen MR) is 103 cm³/mol. The highest BCUT2D eigenvalue weighted by atomic mass is 32.2. The number of hydrogen-bond donors (Lipinski definition) is 1. The minimum atomic E-state index is -3.82. The summed E-state index contributed by atoms with van der Waals surface area (Å²) in [6.07, 6.45) is 0. The normalized spacial score (nSPS) is 11.7. The van der Waals surface area contributed by atoms with Crippen LogP contribution in [0.25, 0.3) is 10.6 Å². The van der Waals surface area contributed by atoms with Gasteiger partial charge in [0.1, 0.15) is 5.69 Å². The van der Waals surface area contributed by atoms with E-state index in [9.17, 15) is 12.8 Å². The summed E-state index contributed by atoms with van der Waals surface area (Å²) in [7, 11) is -3.82. The van der Waals surface area contributed by atoms with E-state index in [-0.39, 0.29) is 17.2 Å². The van der Waals surface area contributed by atoms with Gasteiger partial charge in [0.2, 0.25) is 10.0 Å². The van der Waals surface area contributed by atoms with Crippen LogP contribution in [-0.4, -0.2) is 31.3 Å². The average molecular weight is 410 g/mol. The molecule has 6 nitrogen and oxygen atoms in total. The van der Waals surface area contributed by atoms with Crippen LogP contribution in [0.5, 0.6) is 5.75 Å². The fourth-order valence-corrected chi connectivity index (χ4v) is 4.29. The van der Waals surface area contributed by atoms with Crippen molar-refractivity contribution in [1.82, 2.24) is 14.5 Å². The maximum Gasteiger partial charge on any atom is 0.240 e. The molecule has 9 heteroatoms. The van der Waals surface area contributed by atoms with Gasteiger partial charge >= 0.3 is 0 Å². The minimum absolute atomic E-state index is 0.0322. The number of halogens is 1. The fraction of sp³-hybridized carbons (Fsp3) is 0.278. The lowest BCUT2D eigenvalue weighted by molar-refractivity contribution is 0.321. The zero-order valence-electron chi connectivity index (χ0n) is 15.0. The van der Waals surface area contributed by atoms with Gasteiger partial charge in [-0.2, -0.15) is 5.10 Å². The molecule has 0 saturated heterocycles. The van der Waals surface area contributed by atoms with Crippen molar-refractivity contribution in [2.24, 2.45) is 0 Å². The lowest BCUT2D eigenvalue weighted by atomic mass is 10.3. The number of ether oxygens (including phenoxy) is 1. The zero-order valence-corrected chi connectivity index (χ0v) is 16.6. The van der Waals surface area contributed by atoms with Crippen molar-refractivity contribution >= 4 is 21.4 Å². The van der Waals surface area contributed by atoms with Gasteiger partial charge in [-0.05, 0) is 49.6 Å². The van der Waals surface area contributed by atoms with Crippen LogP contribution >= 0.6 is 11.3 Å². The van der Waals surface area contributed by atoms with Gasteiger partial charge in [0.25, 0.3) is 0 Å². The Morgan fingerprint density at radius 1 is 1.30 bits per heavy atom. The van der Waals surface area contributed by atoms with Crippen molar-refractivity contribution in [3.63, 3.8) is 0 Å². The third kappa shape index (κ3) is 4.55. The number of hydrogen-bond acceptors (Lipinski definition) is 5. The Hall–Kier alpha value is -2.23. The Morgan fingerprint density at radius 3 is 2.78 bits per heavy atom. The zero-order chi connectivity index (χ0) is 19.4. The molecular weight excluding hydrogens is 389 g/mol. The maximum atomic E-state index is 13.9. The highest BCUT2D eigenvalue weighted by molar-refractivity contribution is 7.89. The van der Waals surface area contributed by atoms with Gasteiger partial charge in [-0.3, -0.25) is 4.68 Å². The van der Waals surface area contributed by atoms with Crippen LogP contribution in [0.15, 0.2) is 46.7 Å². The number of aromatic nitrogens is 2. The number of thiophene rings is 1. The number of benzene rings is 1. The van der Waals surface area contributed by atoms with Crippen molar-refractivity contribution in [3.05, 3.63) is 53.3 Å². The van der Waals surface area contributed by atoms with Crippen LogP contribution < -0.4 is 9.46 Å². The van der Waals surface area contributed by atoms with E-state index < -0.39 is 15.8 Å². The predicted octanol–water partition coefficient (Wildman–Crippen LogP) is 3.44. The molecule has 0 saturated carbocycles. The molecule has 144 valence electrons. The van der Waals surface area contributed by atoms with E-state index in [1.807, 2.05) is 30.5 Å². The third-order valence-corrected chi connectivity index (χ3v) is 6.24. The maximum absolute atomic E-state index is 13.9. The molecule has 0 aliphatic heterocycles. The molecule has 1 N–H and O–H groups in total. The molecule has 2 aromatic heterocycles. The second kappa shape index (κ2) is 8.20. The summed E-state index contributed by atoms with van der Waals surface area (Å²) in [6, 6.07) is 9.50. The summed E-state index contributed by atoms with van der Waals surface area (Å²) in [5.74, 6) is -0.673. The molecule has 2 heterocycles. The van der Waals surface area contributed by atoms with E-state index in [0.717, 1.165) is 22.3 Å². The van der Waals surface area contributed by atoms with Gasteiger partial charge in [0, 0.05) is 12.2 Å². The molecule has 0 bridgehead atoms. The minimum Gasteiger partial charge on any atom is -0.491 e. The Morgan fingerprint density at radius 2 is 2.11 bits per heavy atom. The van der Waals surface area contributed by atoms with Crippen molar-refractivity contribution in [1.29, 1.82) is 0 Å². The molecule has 1 aromatic carbocycles. The van der Waals surface area contributed by atoms with Crippen LogP contribution in [-0.2, 0) is 16.6 Å². The summed E-state index contributed by atoms with van der Waals surface area (Å²) in [5, 5.41) is 6.49. The molecule has 0 aliphatic carbocycles. The van der Waals surface area contributed by atoms with Crippen molar-refractivity contribution < 1.29 is 17.5 Å². The number of aryl methyl sites for hydroxylation is 1. The standard InChI is InChI=1S/C18H20FN3O3S2/c1-3-25-17-7-6-14(12-15(17)19)27(23,24)20-8-9-22-13(2)11-16(21-22)18-5-4-10-26-18/h4-7,10-12,20H,3,8-9H2,1-2H3. The number of nitrogens with zero attached hydrogens (tertiary/aromatic N) is 2.